The van der Waals surface area contributed by atoms with E-state index in [-0.39, 0.29) is 5.91 Å². The molecule has 4 heteroatoms. The first-order valence-corrected chi connectivity index (χ1v) is 6.71. The standard InChI is InChI=1S/C15H18N2O2/c1-16-13(10-5-6-10)9-17-15(18)12-3-2-4-14-11(12)7-8-19-14/h2-4,7-8,10,13,16H,5-6,9H2,1H3,(H,17,18). The fourth-order valence-electron chi connectivity index (χ4n) is 2.49. The third-order valence-electron chi connectivity index (χ3n) is 3.78. The van der Waals surface area contributed by atoms with Crippen LogP contribution in [0.3, 0.4) is 0 Å². The van der Waals surface area contributed by atoms with E-state index in [1.165, 1.54) is 12.8 Å². The Morgan fingerprint density at radius 1 is 1.42 bits per heavy atom. The molecule has 2 N–H and O–H groups in total. The molecule has 19 heavy (non-hydrogen) atoms. The Hall–Kier alpha value is -1.81. The van der Waals surface area contributed by atoms with E-state index < -0.39 is 0 Å². The number of furan rings is 1. The van der Waals surface area contributed by atoms with Gasteiger partial charge in [-0.15, -0.1) is 0 Å². The normalized spacial score (nSPS) is 16.5. The molecule has 1 saturated carbocycles. The van der Waals surface area contributed by atoms with E-state index in [1.807, 2.05) is 31.3 Å². The van der Waals surface area contributed by atoms with E-state index in [0.717, 1.165) is 16.9 Å². The summed E-state index contributed by atoms with van der Waals surface area (Å²) < 4.78 is 5.31. The van der Waals surface area contributed by atoms with Gasteiger partial charge in [0.05, 0.1) is 11.8 Å². The minimum absolute atomic E-state index is 0.0344. The average Bonchev–Trinajstić information content (AvgIpc) is 3.15. The molecule has 0 spiro atoms. The van der Waals surface area contributed by atoms with Gasteiger partial charge in [0.25, 0.3) is 5.91 Å². The topological polar surface area (TPSA) is 54.3 Å². The number of benzene rings is 1. The molecule has 3 rings (SSSR count). The lowest BCUT2D eigenvalue weighted by Crippen LogP contribution is -2.40. The van der Waals surface area contributed by atoms with E-state index >= 15 is 0 Å². The van der Waals surface area contributed by atoms with Crippen molar-refractivity contribution in [2.45, 2.75) is 18.9 Å². The molecular weight excluding hydrogens is 240 g/mol. The first-order chi connectivity index (χ1) is 9.29. The number of carbonyl (C=O) groups excluding carboxylic acids is 1. The molecule has 1 aliphatic rings. The predicted molar refractivity (Wildman–Crippen MR) is 74.1 cm³/mol. The highest BCUT2D eigenvalue weighted by atomic mass is 16.3. The van der Waals surface area contributed by atoms with Gasteiger partial charge in [0.1, 0.15) is 5.58 Å². The van der Waals surface area contributed by atoms with Crippen molar-refractivity contribution in [1.29, 1.82) is 0 Å². The maximum absolute atomic E-state index is 12.2. The molecule has 1 aromatic heterocycles. The minimum atomic E-state index is -0.0344. The van der Waals surface area contributed by atoms with Crippen molar-refractivity contribution in [3.05, 3.63) is 36.1 Å². The smallest absolute Gasteiger partial charge is 0.252 e. The van der Waals surface area contributed by atoms with Gasteiger partial charge in [0.15, 0.2) is 0 Å². The fourth-order valence-corrected chi connectivity index (χ4v) is 2.49. The van der Waals surface area contributed by atoms with E-state index in [0.29, 0.717) is 18.2 Å². The van der Waals surface area contributed by atoms with Gasteiger partial charge >= 0.3 is 0 Å². The van der Waals surface area contributed by atoms with Crippen molar-refractivity contribution < 1.29 is 9.21 Å². The predicted octanol–water partition coefficient (Wildman–Crippen LogP) is 2.16. The van der Waals surface area contributed by atoms with E-state index in [9.17, 15) is 4.79 Å². The van der Waals surface area contributed by atoms with Crippen LogP contribution >= 0.6 is 0 Å². The molecule has 2 aromatic rings. The number of likely N-dealkylation sites (N-methyl/N-ethyl adjacent to an activating group) is 1. The van der Waals surface area contributed by atoms with Crippen LogP contribution in [0.25, 0.3) is 11.0 Å². The van der Waals surface area contributed by atoms with E-state index in [1.54, 1.807) is 6.26 Å². The molecule has 1 unspecified atom stereocenters. The number of fused-ring (bicyclic) bond motifs is 1. The summed E-state index contributed by atoms with van der Waals surface area (Å²) in [5, 5.41) is 7.15. The zero-order valence-corrected chi connectivity index (χ0v) is 11.0. The molecule has 1 aromatic carbocycles. The van der Waals surface area contributed by atoms with E-state index in [2.05, 4.69) is 10.6 Å². The number of nitrogens with one attached hydrogen (secondary N) is 2. The Labute approximate surface area is 112 Å². The highest BCUT2D eigenvalue weighted by Crippen LogP contribution is 2.32. The second-order valence-corrected chi connectivity index (χ2v) is 5.08. The Balaban J connectivity index is 1.71. The van der Waals surface area contributed by atoms with Crippen molar-refractivity contribution in [1.82, 2.24) is 10.6 Å². The molecule has 1 aliphatic carbocycles. The number of hydrogen-bond acceptors (Lipinski definition) is 3. The summed E-state index contributed by atoms with van der Waals surface area (Å²) in [5.41, 5.74) is 1.43. The third-order valence-corrected chi connectivity index (χ3v) is 3.78. The molecular formula is C15H18N2O2. The summed E-state index contributed by atoms with van der Waals surface area (Å²) >= 11 is 0. The zero-order valence-electron chi connectivity index (χ0n) is 11.0. The third kappa shape index (κ3) is 2.49. The highest BCUT2D eigenvalue weighted by Gasteiger charge is 2.30. The van der Waals surface area contributed by atoms with Crippen LogP contribution in [0.15, 0.2) is 34.9 Å². The molecule has 0 bridgehead atoms. The second-order valence-electron chi connectivity index (χ2n) is 5.08. The Bertz CT molecular complexity index is 587. The van der Waals surface area contributed by atoms with Crippen LogP contribution in [-0.4, -0.2) is 25.5 Å². The summed E-state index contributed by atoms with van der Waals surface area (Å²) in [4.78, 5) is 12.2. The van der Waals surface area contributed by atoms with Gasteiger partial charge in [-0.3, -0.25) is 4.79 Å². The molecule has 1 atom stereocenters. The second kappa shape index (κ2) is 5.05. The van der Waals surface area contributed by atoms with Crippen LogP contribution in [0.2, 0.25) is 0 Å². The first kappa shape index (κ1) is 12.2. The lowest BCUT2D eigenvalue weighted by Gasteiger charge is -2.16. The number of hydrogen-bond donors (Lipinski definition) is 2. The lowest BCUT2D eigenvalue weighted by atomic mass is 10.1. The van der Waals surface area contributed by atoms with Crippen molar-refractivity contribution >= 4 is 16.9 Å². The molecule has 0 aliphatic heterocycles. The number of carbonyl (C=O) groups is 1. The van der Waals surface area contributed by atoms with Crippen LogP contribution in [0.5, 0.6) is 0 Å². The molecule has 1 fully saturated rings. The summed E-state index contributed by atoms with van der Waals surface area (Å²) in [5.74, 6) is 0.683. The zero-order chi connectivity index (χ0) is 13.2. The molecule has 4 nitrogen and oxygen atoms in total. The molecule has 0 radical (unpaired) electrons. The molecule has 1 heterocycles. The van der Waals surface area contributed by atoms with Crippen LogP contribution in [-0.2, 0) is 0 Å². The van der Waals surface area contributed by atoms with Gasteiger partial charge in [0, 0.05) is 18.0 Å². The molecule has 100 valence electrons. The summed E-state index contributed by atoms with van der Waals surface area (Å²) in [7, 11) is 1.95. The Morgan fingerprint density at radius 3 is 3.00 bits per heavy atom. The Kier molecular flexibility index (Phi) is 3.25. The van der Waals surface area contributed by atoms with Crippen molar-refractivity contribution in [3.8, 4) is 0 Å². The maximum atomic E-state index is 12.2. The minimum Gasteiger partial charge on any atom is -0.464 e. The Morgan fingerprint density at radius 2 is 2.26 bits per heavy atom. The monoisotopic (exact) mass is 258 g/mol. The van der Waals surface area contributed by atoms with Gasteiger partial charge in [-0.05, 0) is 44.0 Å². The number of amides is 1. The van der Waals surface area contributed by atoms with Crippen molar-refractivity contribution in [3.63, 3.8) is 0 Å². The van der Waals surface area contributed by atoms with Gasteiger partial charge in [-0.2, -0.15) is 0 Å². The summed E-state index contributed by atoms with van der Waals surface area (Å²) in [6.45, 7) is 0.675. The highest BCUT2D eigenvalue weighted by molar-refractivity contribution is 6.05. The van der Waals surface area contributed by atoms with Crippen molar-refractivity contribution in [2.75, 3.05) is 13.6 Å². The SMILES string of the molecule is CNC(CNC(=O)c1cccc2occc12)C1CC1. The van der Waals surface area contributed by atoms with Crippen LogP contribution in [0, 0.1) is 5.92 Å². The first-order valence-electron chi connectivity index (χ1n) is 6.71. The lowest BCUT2D eigenvalue weighted by molar-refractivity contribution is 0.0950. The van der Waals surface area contributed by atoms with Gasteiger partial charge in [-0.1, -0.05) is 6.07 Å². The fraction of sp³-hybridized carbons (Fsp3) is 0.400. The van der Waals surface area contributed by atoms with Crippen LogP contribution in [0.4, 0.5) is 0 Å². The van der Waals surface area contributed by atoms with Crippen LogP contribution < -0.4 is 10.6 Å². The number of rotatable bonds is 5. The molecule has 0 saturated heterocycles. The van der Waals surface area contributed by atoms with Gasteiger partial charge in [-0.25, -0.2) is 0 Å². The summed E-state index contributed by atoms with van der Waals surface area (Å²) in [6, 6.07) is 7.76. The largest absolute Gasteiger partial charge is 0.464 e. The van der Waals surface area contributed by atoms with Gasteiger partial charge in [0.2, 0.25) is 0 Å². The molecule has 1 amide bonds. The maximum Gasteiger partial charge on any atom is 0.252 e. The van der Waals surface area contributed by atoms with Crippen LogP contribution in [0.1, 0.15) is 23.2 Å². The average molecular weight is 258 g/mol. The van der Waals surface area contributed by atoms with Gasteiger partial charge < -0.3 is 15.1 Å². The quantitative estimate of drug-likeness (QED) is 0.864. The van der Waals surface area contributed by atoms with Crippen molar-refractivity contribution in [2.24, 2.45) is 5.92 Å². The van der Waals surface area contributed by atoms with E-state index in [4.69, 9.17) is 4.42 Å². The summed E-state index contributed by atoms with van der Waals surface area (Å²) in [6.07, 6.45) is 4.14.